The molecule has 0 atom stereocenters. The van der Waals surface area contributed by atoms with Gasteiger partial charge >= 0.3 is 0 Å². The molecule has 0 bridgehead atoms. The Hall–Kier alpha value is -2.61. The molecular formula is C22H21NO. The highest BCUT2D eigenvalue weighted by Gasteiger charge is 2.31. The van der Waals surface area contributed by atoms with Crippen LogP contribution in [0, 0.1) is 0 Å². The van der Waals surface area contributed by atoms with Gasteiger partial charge < -0.3 is 5.11 Å². The molecule has 1 aliphatic heterocycles. The minimum absolute atomic E-state index is 0.227. The number of hydrogen-bond acceptors (Lipinski definition) is 2. The summed E-state index contributed by atoms with van der Waals surface area (Å²) in [5, 5.41) is 14.3. The fourth-order valence-corrected chi connectivity index (χ4v) is 3.73. The smallest absolute Gasteiger partial charge is 0.116 e. The Bertz CT molecular complexity index is 1090. The van der Waals surface area contributed by atoms with E-state index in [9.17, 15) is 5.11 Å². The largest absolute Gasteiger partial charge is 0.508 e. The lowest BCUT2D eigenvalue weighted by Crippen LogP contribution is -2.33. The van der Waals surface area contributed by atoms with Crippen LogP contribution in [0.5, 0.6) is 5.75 Å². The van der Waals surface area contributed by atoms with Crippen LogP contribution in [0.1, 0.15) is 37.5 Å². The SMILES string of the molecule is C=c1cc2c(c3ccc(CC)cc13)=Nc1ccc(O)cc1C2(C)C. The van der Waals surface area contributed by atoms with Gasteiger partial charge in [-0.2, -0.15) is 0 Å². The average Bonchev–Trinajstić information content (AvgIpc) is 2.57. The zero-order valence-electron chi connectivity index (χ0n) is 14.4. The first-order chi connectivity index (χ1) is 11.4. The highest BCUT2D eigenvalue weighted by atomic mass is 16.3. The van der Waals surface area contributed by atoms with Crippen LogP contribution in [-0.4, -0.2) is 5.11 Å². The van der Waals surface area contributed by atoms with Crippen molar-refractivity contribution in [1.29, 1.82) is 0 Å². The number of fused-ring (bicyclic) bond motifs is 4. The van der Waals surface area contributed by atoms with E-state index in [0.717, 1.165) is 33.6 Å². The molecule has 3 aromatic carbocycles. The number of nitrogens with zero attached hydrogens (tertiary/aromatic N) is 1. The van der Waals surface area contributed by atoms with Crippen molar-refractivity contribution in [2.75, 3.05) is 0 Å². The Morgan fingerprint density at radius 3 is 2.54 bits per heavy atom. The van der Waals surface area contributed by atoms with Gasteiger partial charge in [0.25, 0.3) is 0 Å². The molecule has 0 spiro atoms. The Morgan fingerprint density at radius 1 is 1.00 bits per heavy atom. The summed E-state index contributed by atoms with van der Waals surface area (Å²) in [6, 6.07) is 14.2. The van der Waals surface area contributed by atoms with Gasteiger partial charge in [0.2, 0.25) is 0 Å². The molecule has 3 aromatic rings. The second kappa shape index (κ2) is 4.94. The first-order valence-corrected chi connectivity index (χ1v) is 8.39. The monoisotopic (exact) mass is 315 g/mol. The maximum atomic E-state index is 9.90. The number of phenolic OH excluding ortho intramolecular Hbond substituents is 1. The number of aromatic hydroxyl groups is 1. The van der Waals surface area contributed by atoms with Gasteiger partial charge in [-0.3, -0.25) is 0 Å². The maximum absolute atomic E-state index is 9.90. The van der Waals surface area contributed by atoms with Crippen molar-refractivity contribution >= 4 is 23.0 Å². The highest BCUT2D eigenvalue weighted by molar-refractivity contribution is 5.85. The lowest BCUT2D eigenvalue weighted by Gasteiger charge is -2.31. The van der Waals surface area contributed by atoms with Gasteiger partial charge in [0.15, 0.2) is 0 Å². The number of hydrogen-bond donors (Lipinski definition) is 1. The summed E-state index contributed by atoms with van der Waals surface area (Å²) in [6.07, 6.45) is 1.01. The third-order valence-corrected chi connectivity index (χ3v) is 5.23. The van der Waals surface area contributed by atoms with E-state index in [1.165, 1.54) is 16.5 Å². The van der Waals surface area contributed by atoms with Crippen LogP contribution in [0.3, 0.4) is 0 Å². The standard InChI is InChI=1S/C22H21NO/c1-5-14-6-8-16-17(11-14)13(2)10-19-21(16)23-20-9-7-15(24)12-18(20)22(19,3)4/h6-12,24H,2,5H2,1,3-4H3. The van der Waals surface area contributed by atoms with E-state index < -0.39 is 0 Å². The van der Waals surface area contributed by atoms with Crippen LogP contribution >= 0.6 is 0 Å². The number of rotatable bonds is 1. The molecule has 1 heterocycles. The molecule has 1 N–H and O–H groups in total. The van der Waals surface area contributed by atoms with Gasteiger partial charge in [-0.05, 0) is 58.0 Å². The summed E-state index contributed by atoms with van der Waals surface area (Å²) in [5.41, 5.74) is 4.24. The predicted molar refractivity (Wildman–Crippen MR) is 99.5 cm³/mol. The van der Waals surface area contributed by atoms with Crippen LogP contribution in [0.2, 0.25) is 0 Å². The lowest BCUT2D eigenvalue weighted by atomic mass is 9.74. The summed E-state index contributed by atoms with van der Waals surface area (Å²) in [4.78, 5) is 4.93. The van der Waals surface area contributed by atoms with Crippen molar-refractivity contribution in [3.05, 3.63) is 69.7 Å². The maximum Gasteiger partial charge on any atom is 0.116 e. The van der Waals surface area contributed by atoms with E-state index in [0.29, 0.717) is 0 Å². The minimum Gasteiger partial charge on any atom is -0.508 e. The van der Waals surface area contributed by atoms with E-state index >= 15 is 0 Å². The van der Waals surface area contributed by atoms with Crippen LogP contribution in [0.25, 0.3) is 17.4 Å². The molecule has 0 unspecified atom stereocenters. The molecule has 0 saturated carbocycles. The Labute approximate surface area is 141 Å². The van der Waals surface area contributed by atoms with Gasteiger partial charge in [-0.15, -0.1) is 0 Å². The third kappa shape index (κ3) is 1.99. The molecule has 0 radical (unpaired) electrons. The predicted octanol–water partition coefficient (Wildman–Crippen LogP) is 4.11. The Balaban J connectivity index is 2.18. The van der Waals surface area contributed by atoms with Crippen molar-refractivity contribution in [3.63, 3.8) is 0 Å². The van der Waals surface area contributed by atoms with Crippen LogP contribution in [0.4, 0.5) is 5.69 Å². The molecule has 2 heteroatoms. The van der Waals surface area contributed by atoms with E-state index in [1.807, 2.05) is 12.1 Å². The van der Waals surface area contributed by atoms with Crippen molar-refractivity contribution in [2.24, 2.45) is 4.99 Å². The third-order valence-electron chi connectivity index (χ3n) is 5.23. The van der Waals surface area contributed by atoms with Gasteiger partial charge in [-0.1, -0.05) is 45.5 Å². The van der Waals surface area contributed by atoms with Crippen molar-refractivity contribution < 1.29 is 5.11 Å². The lowest BCUT2D eigenvalue weighted by molar-refractivity contribution is 0.472. The molecule has 0 aromatic heterocycles. The summed E-state index contributed by atoms with van der Waals surface area (Å²) < 4.78 is 0. The molecule has 24 heavy (non-hydrogen) atoms. The molecule has 4 rings (SSSR count). The molecule has 0 saturated heterocycles. The summed E-state index contributed by atoms with van der Waals surface area (Å²) in [7, 11) is 0. The summed E-state index contributed by atoms with van der Waals surface area (Å²) in [5.74, 6) is 0.281. The van der Waals surface area contributed by atoms with E-state index in [4.69, 9.17) is 4.99 Å². The van der Waals surface area contributed by atoms with E-state index in [1.54, 1.807) is 6.07 Å². The fraction of sp³-hybridized carbons (Fsp3) is 0.227. The normalized spacial score (nSPS) is 14.8. The molecule has 1 aliphatic rings. The molecule has 2 nitrogen and oxygen atoms in total. The van der Waals surface area contributed by atoms with Crippen molar-refractivity contribution in [1.82, 2.24) is 0 Å². The summed E-state index contributed by atoms with van der Waals surface area (Å²) >= 11 is 0. The van der Waals surface area contributed by atoms with Gasteiger partial charge in [0.1, 0.15) is 5.75 Å². The molecule has 120 valence electrons. The molecular weight excluding hydrogens is 294 g/mol. The highest BCUT2D eigenvalue weighted by Crippen LogP contribution is 2.40. The van der Waals surface area contributed by atoms with Crippen LogP contribution in [-0.2, 0) is 11.8 Å². The molecule has 0 amide bonds. The number of aryl methyl sites for hydroxylation is 1. The average molecular weight is 315 g/mol. The zero-order chi connectivity index (χ0) is 17.1. The fourth-order valence-electron chi connectivity index (χ4n) is 3.73. The van der Waals surface area contributed by atoms with Crippen molar-refractivity contribution in [2.45, 2.75) is 32.6 Å². The number of phenols is 1. The van der Waals surface area contributed by atoms with Crippen LogP contribution < -0.4 is 10.6 Å². The summed E-state index contributed by atoms with van der Waals surface area (Å²) in [6.45, 7) is 10.8. The molecule has 0 aliphatic carbocycles. The Morgan fingerprint density at radius 2 is 1.79 bits per heavy atom. The minimum atomic E-state index is -0.227. The van der Waals surface area contributed by atoms with Gasteiger partial charge in [-0.25, -0.2) is 4.99 Å². The first kappa shape index (κ1) is 14.9. The van der Waals surface area contributed by atoms with Gasteiger partial charge in [0, 0.05) is 10.8 Å². The second-order valence-electron chi connectivity index (χ2n) is 7.10. The molecule has 0 fully saturated rings. The topological polar surface area (TPSA) is 32.6 Å². The zero-order valence-corrected chi connectivity index (χ0v) is 14.4. The van der Waals surface area contributed by atoms with Crippen molar-refractivity contribution in [3.8, 4) is 5.75 Å². The Kier molecular flexibility index (Phi) is 3.08. The van der Waals surface area contributed by atoms with E-state index in [2.05, 4.69) is 51.6 Å². The quantitative estimate of drug-likeness (QED) is 0.720. The van der Waals surface area contributed by atoms with Gasteiger partial charge in [0.05, 0.1) is 11.0 Å². The number of benzene rings is 3. The van der Waals surface area contributed by atoms with E-state index in [-0.39, 0.29) is 11.2 Å². The van der Waals surface area contributed by atoms with Crippen LogP contribution in [0.15, 0.2) is 47.5 Å². The first-order valence-electron chi connectivity index (χ1n) is 8.39. The second-order valence-corrected chi connectivity index (χ2v) is 7.10.